The fourth-order valence-corrected chi connectivity index (χ4v) is 3.03. The number of amides is 1. The maximum atomic E-state index is 12.3. The van der Waals surface area contributed by atoms with Gasteiger partial charge in [0.1, 0.15) is 0 Å². The summed E-state index contributed by atoms with van der Waals surface area (Å²) in [6.45, 7) is 0.571. The van der Waals surface area contributed by atoms with Crippen molar-refractivity contribution in [2.24, 2.45) is 17.6 Å². The maximum Gasteiger partial charge on any atom is 0.227 e. The topological polar surface area (TPSA) is 80.9 Å². The highest BCUT2D eigenvalue weighted by molar-refractivity contribution is 5.92. The van der Waals surface area contributed by atoms with Crippen molar-refractivity contribution in [1.82, 2.24) is 9.97 Å². The molecule has 0 aliphatic heterocycles. The number of nitrogens with zero attached hydrogens (tertiary/aromatic N) is 2. The number of carbonyl (C=O) groups is 1. The molecule has 1 amide bonds. The SMILES string of the molecule is Cl.NC[C@H]1CCC[C@H]1C(=O)Nc1cnc(-c2ccccc2)nc1. The molecule has 1 aliphatic rings. The molecule has 0 saturated heterocycles. The molecule has 1 aromatic heterocycles. The van der Waals surface area contributed by atoms with E-state index in [1.54, 1.807) is 12.4 Å². The van der Waals surface area contributed by atoms with Crippen LogP contribution in [0.5, 0.6) is 0 Å². The quantitative estimate of drug-likeness (QED) is 0.902. The molecule has 1 heterocycles. The van der Waals surface area contributed by atoms with Crippen LogP contribution in [-0.2, 0) is 4.79 Å². The summed E-state index contributed by atoms with van der Waals surface area (Å²) in [6, 6.07) is 9.76. The van der Waals surface area contributed by atoms with Crippen LogP contribution < -0.4 is 11.1 Å². The number of rotatable bonds is 4. The predicted octanol–water partition coefficient (Wildman–Crippen LogP) is 2.88. The van der Waals surface area contributed by atoms with Crippen LogP contribution in [0, 0.1) is 11.8 Å². The molecule has 0 bridgehead atoms. The van der Waals surface area contributed by atoms with E-state index in [2.05, 4.69) is 15.3 Å². The minimum Gasteiger partial charge on any atom is -0.330 e. The monoisotopic (exact) mass is 332 g/mol. The van der Waals surface area contributed by atoms with Gasteiger partial charge in [0.2, 0.25) is 5.91 Å². The van der Waals surface area contributed by atoms with E-state index in [0.29, 0.717) is 24.0 Å². The summed E-state index contributed by atoms with van der Waals surface area (Å²) in [5.74, 6) is 0.992. The number of halogens is 1. The molecular formula is C17H21ClN4O. The minimum absolute atomic E-state index is 0. The van der Waals surface area contributed by atoms with E-state index in [1.165, 1.54) is 0 Å². The maximum absolute atomic E-state index is 12.3. The molecule has 1 aliphatic carbocycles. The summed E-state index contributed by atoms with van der Waals surface area (Å²) in [5.41, 5.74) is 7.32. The van der Waals surface area contributed by atoms with Gasteiger partial charge in [0.05, 0.1) is 18.1 Å². The zero-order valence-corrected chi connectivity index (χ0v) is 13.6. The number of nitrogens with one attached hydrogen (secondary N) is 1. The van der Waals surface area contributed by atoms with E-state index >= 15 is 0 Å². The first-order valence-electron chi connectivity index (χ1n) is 7.66. The van der Waals surface area contributed by atoms with Crippen LogP contribution in [0.3, 0.4) is 0 Å². The van der Waals surface area contributed by atoms with Gasteiger partial charge in [-0.1, -0.05) is 36.8 Å². The Morgan fingerprint density at radius 3 is 2.52 bits per heavy atom. The molecule has 1 saturated carbocycles. The molecule has 0 spiro atoms. The lowest BCUT2D eigenvalue weighted by molar-refractivity contribution is -0.120. The molecule has 23 heavy (non-hydrogen) atoms. The molecule has 0 radical (unpaired) electrons. The van der Waals surface area contributed by atoms with Gasteiger partial charge in [0, 0.05) is 11.5 Å². The Morgan fingerprint density at radius 1 is 1.17 bits per heavy atom. The summed E-state index contributed by atoms with van der Waals surface area (Å²) in [4.78, 5) is 21.0. The van der Waals surface area contributed by atoms with Gasteiger partial charge in [-0.05, 0) is 25.3 Å². The number of hydrogen-bond donors (Lipinski definition) is 2. The molecule has 122 valence electrons. The summed E-state index contributed by atoms with van der Waals surface area (Å²) >= 11 is 0. The average Bonchev–Trinajstić information content (AvgIpc) is 3.05. The lowest BCUT2D eigenvalue weighted by Gasteiger charge is -2.17. The van der Waals surface area contributed by atoms with Gasteiger partial charge in [-0.15, -0.1) is 12.4 Å². The molecule has 3 N–H and O–H groups in total. The number of hydrogen-bond acceptors (Lipinski definition) is 4. The molecule has 0 unspecified atom stereocenters. The van der Waals surface area contributed by atoms with Crippen molar-refractivity contribution in [3.63, 3.8) is 0 Å². The Morgan fingerprint density at radius 2 is 1.87 bits per heavy atom. The van der Waals surface area contributed by atoms with Gasteiger partial charge in [0.25, 0.3) is 0 Å². The minimum atomic E-state index is 0. The summed E-state index contributed by atoms with van der Waals surface area (Å²) in [7, 11) is 0. The van der Waals surface area contributed by atoms with Crippen molar-refractivity contribution in [1.29, 1.82) is 0 Å². The number of benzene rings is 1. The van der Waals surface area contributed by atoms with E-state index in [1.807, 2.05) is 30.3 Å². The first-order chi connectivity index (χ1) is 10.8. The van der Waals surface area contributed by atoms with Crippen LogP contribution in [-0.4, -0.2) is 22.4 Å². The van der Waals surface area contributed by atoms with Crippen molar-refractivity contribution in [3.8, 4) is 11.4 Å². The lowest BCUT2D eigenvalue weighted by atomic mass is 9.95. The van der Waals surface area contributed by atoms with E-state index in [-0.39, 0.29) is 24.2 Å². The molecule has 5 nitrogen and oxygen atoms in total. The fraction of sp³-hybridized carbons (Fsp3) is 0.353. The Bertz CT molecular complexity index is 633. The molecule has 2 aromatic rings. The van der Waals surface area contributed by atoms with Crippen molar-refractivity contribution in [2.45, 2.75) is 19.3 Å². The zero-order chi connectivity index (χ0) is 15.4. The van der Waals surface area contributed by atoms with Crippen LogP contribution in [0.15, 0.2) is 42.7 Å². The molecule has 2 atom stereocenters. The van der Waals surface area contributed by atoms with Crippen LogP contribution in [0.25, 0.3) is 11.4 Å². The third kappa shape index (κ3) is 4.06. The molecule has 6 heteroatoms. The van der Waals surface area contributed by atoms with E-state index < -0.39 is 0 Å². The zero-order valence-electron chi connectivity index (χ0n) is 12.8. The van der Waals surface area contributed by atoms with Gasteiger partial charge < -0.3 is 11.1 Å². The first kappa shape index (κ1) is 17.4. The van der Waals surface area contributed by atoms with Crippen molar-refractivity contribution in [2.75, 3.05) is 11.9 Å². The number of aromatic nitrogens is 2. The Kier molecular flexibility index (Phi) is 6.07. The largest absolute Gasteiger partial charge is 0.330 e. The van der Waals surface area contributed by atoms with Gasteiger partial charge >= 0.3 is 0 Å². The normalized spacial score (nSPS) is 19.9. The van der Waals surface area contributed by atoms with Crippen LogP contribution in [0.2, 0.25) is 0 Å². The molecule has 3 rings (SSSR count). The van der Waals surface area contributed by atoms with Gasteiger partial charge in [-0.3, -0.25) is 4.79 Å². The molecular weight excluding hydrogens is 312 g/mol. The third-order valence-electron chi connectivity index (χ3n) is 4.25. The van der Waals surface area contributed by atoms with E-state index in [4.69, 9.17) is 5.73 Å². The van der Waals surface area contributed by atoms with E-state index in [9.17, 15) is 4.79 Å². The molecule has 1 aromatic carbocycles. The van der Waals surface area contributed by atoms with Gasteiger partial charge in [0.15, 0.2) is 5.82 Å². The van der Waals surface area contributed by atoms with Crippen LogP contribution in [0.1, 0.15) is 19.3 Å². The second-order valence-corrected chi connectivity index (χ2v) is 5.68. The number of anilines is 1. The summed E-state index contributed by atoms with van der Waals surface area (Å²) < 4.78 is 0. The third-order valence-corrected chi connectivity index (χ3v) is 4.25. The van der Waals surface area contributed by atoms with Crippen molar-refractivity contribution < 1.29 is 4.79 Å². The summed E-state index contributed by atoms with van der Waals surface area (Å²) in [5, 5.41) is 2.91. The Balaban J connectivity index is 0.00000192. The van der Waals surface area contributed by atoms with Crippen LogP contribution in [0.4, 0.5) is 5.69 Å². The van der Waals surface area contributed by atoms with Crippen molar-refractivity contribution in [3.05, 3.63) is 42.7 Å². The smallest absolute Gasteiger partial charge is 0.227 e. The predicted molar refractivity (Wildman–Crippen MR) is 93.2 cm³/mol. The van der Waals surface area contributed by atoms with Crippen molar-refractivity contribution >= 4 is 24.0 Å². The average molecular weight is 333 g/mol. The van der Waals surface area contributed by atoms with Gasteiger partial charge in [-0.25, -0.2) is 9.97 Å². The summed E-state index contributed by atoms with van der Waals surface area (Å²) in [6.07, 6.45) is 6.33. The van der Waals surface area contributed by atoms with Crippen LogP contribution >= 0.6 is 12.4 Å². The van der Waals surface area contributed by atoms with Gasteiger partial charge in [-0.2, -0.15) is 0 Å². The number of carbonyl (C=O) groups excluding carboxylic acids is 1. The highest BCUT2D eigenvalue weighted by Gasteiger charge is 2.31. The standard InChI is InChI=1S/C17H20N4O.ClH/c18-9-13-7-4-8-15(13)17(22)21-14-10-19-16(20-11-14)12-5-2-1-3-6-12;/h1-3,5-6,10-11,13,15H,4,7-9,18H2,(H,21,22);1H/t13-,15-;/m1./s1. The van der Waals surface area contributed by atoms with E-state index in [0.717, 1.165) is 24.8 Å². The highest BCUT2D eigenvalue weighted by Crippen LogP contribution is 2.31. The second kappa shape index (κ2) is 8.04. The Labute approximate surface area is 142 Å². The number of nitrogens with two attached hydrogens (primary N) is 1. The molecule has 1 fully saturated rings. The highest BCUT2D eigenvalue weighted by atomic mass is 35.5. The second-order valence-electron chi connectivity index (χ2n) is 5.68. The first-order valence-corrected chi connectivity index (χ1v) is 7.66. The fourth-order valence-electron chi connectivity index (χ4n) is 3.03. The Hall–Kier alpha value is -1.98. The lowest BCUT2D eigenvalue weighted by Crippen LogP contribution is -2.29.